The van der Waals surface area contributed by atoms with E-state index in [9.17, 15) is 9.59 Å². The van der Waals surface area contributed by atoms with Crippen LogP contribution in [0.4, 0.5) is 4.79 Å². The molecule has 1 heterocycles. The maximum atomic E-state index is 13.4. The van der Waals surface area contributed by atoms with Gasteiger partial charge in [-0.15, -0.1) is 0 Å². The van der Waals surface area contributed by atoms with Crippen molar-refractivity contribution in [2.24, 2.45) is 16.7 Å². The van der Waals surface area contributed by atoms with Gasteiger partial charge >= 0.3 is 0 Å². The summed E-state index contributed by atoms with van der Waals surface area (Å²) in [5, 5.41) is -0.242. The Balaban J connectivity index is 2.01. The van der Waals surface area contributed by atoms with E-state index in [0.717, 1.165) is 31.0 Å². The lowest BCUT2D eigenvalue weighted by atomic mass is 9.67. The number of halogens is 1. The van der Waals surface area contributed by atoms with Gasteiger partial charge in [-0.05, 0) is 42.4 Å². The molecule has 3 fully saturated rings. The molecule has 3 rings (SSSR count). The number of alkyl halides is 1. The molecule has 5 atom stereocenters. The Kier molecular flexibility index (Phi) is 4.16. The quantitative estimate of drug-likeness (QED) is 0.691. The maximum Gasteiger partial charge on any atom is 0.291 e. The molecule has 1 saturated heterocycles. The van der Waals surface area contributed by atoms with E-state index in [2.05, 4.69) is 29.8 Å². The second-order valence-electron chi connectivity index (χ2n) is 6.93. The number of hydrogen-bond donors (Lipinski definition) is 0. The predicted molar refractivity (Wildman–Crippen MR) is 87.7 cm³/mol. The van der Waals surface area contributed by atoms with Crippen LogP contribution in [-0.4, -0.2) is 46.8 Å². The molecular formula is C15H22BrNO4S. The van der Waals surface area contributed by atoms with Crippen LogP contribution in [-0.2, 0) is 14.3 Å². The minimum atomic E-state index is -0.628. The average Bonchev–Trinajstić information content (AvgIpc) is 3.00. The summed E-state index contributed by atoms with van der Waals surface area (Å²) in [6, 6.07) is 0. The van der Waals surface area contributed by atoms with Crippen LogP contribution in [0.3, 0.4) is 0 Å². The van der Waals surface area contributed by atoms with Gasteiger partial charge in [0.05, 0.1) is 11.5 Å². The second-order valence-corrected chi connectivity index (χ2v) is 9.61. The molecule has 2 saturated carbocycles. The molecule has 0 aromatic heterocycles. The van der Waals surface area contributed by atoms with Crippen molar-refractivity contribution in [1.29, 1.82) is 0 Å². The Morgan fingerprint density at radius 3 is 2.59 bits per heavy atom. The zero-order chi connectivity index (χ0) is 16.3. The van der Waals surface area contributed by atoms with E-state index in [4.69, 9.17) is 9.47 Å². The van der Waals surface area contributed by atoms with Crippen LogP contribution in [0.25, 0.3) is 0 Å². The lowest BCUT2D eigenvalue weighted by molar-refractivity contribution is -0.160. The molecule has 0 aromatic carbocycles. The van der Waals surface area contributed by atoms with Crippen molar-refractivity contribution >= 4 is 38.8 Å². The van der Waals surface area contributed by atoms with Gasteiger partial charge in [0.25, 0.3) is 5.24 Å². The molecule has 124 valence electrons. The zero-order valence-corrected chi connectivity index (χ0v) is 15.7. The first-order valence-electron chi connectivity index (χ1n) is 7.55. The van der Waals surface area contributed by atoms with Gasteiger partial charge in [-0.1, -0.05) is 29.8 Å². The van der Waals surface area contributed by atoms with Gasteiger partial charge in [0.2, 0.25) is 5.91 Å². The fourth-order valence-corrected chi connectivity index (χ4v) is 6.55. The van der Waals surface area contributed by atoms with Crippen molar-refractivity contribution < 1.29 is 19.1 Å². The highest BCUT2D eigenvalue weighted by Gasteiger charge is 2.70. The number of ether oxygens (including phenoxy) is 2. The molecule has 0 spiro atoms. The highest BCUT2D eigenvalue weighted by Crippen LogP contribution is 2.67. The third kappa shape index (κ3) is 1.91. The van der Waals surface area contributed by atoms with Crippen molar-refractivity contribution in [2.45, 2.75) is 49.6 Å². The molecule has 7 heteroatoms. The van der Waals surface area contributed by atoms with Gasteiger partial charge in [-0.3, -0.25) is 9.59 Å². The molecule has 5 nitrogen and oxygen atoms in total. The highest BCUT2D eigenvalue weighted by atomic mass is 79.9. The summed E-state index contributed by atoms with van der Waals surface area (Å²) in [4.78, 5) is 27.1. The minimum Gasteiger partial charge on any atom is -0.380 e. The van der Waals surface area contributed by atoms with E-state index in [0.29, 0.717) is 5.92 Å². The number of imide groups is 1. The number of hydrogen-bond acceptors (Lipinski definition) is 5. The van der Waals surface area contributed by atoms with E-state index in [1.54, 1.807) is 7.11 Å². The number of thioether (sulfide) groups is 1. The number of carbonyl (C=O) groups excluding carboxylic acids is 2. The molecule has 2 amide bonds. The number of nitrogens with zero attached hydrogens (tertiary/aromatic N) is 1. The van der Waals surface area contributed by atoms with Crippen molar-refractivity contribution in [3.63, 3.8) is 0 Å². The number of carbonyl (C=O) groups is 2. The summed E-state index contributed by atoms with van der Waals surface area (Å²) in [6.45, 7) is 4.28. The van der Waals surface area contributed by atoms with Gasteiger partial charge < -0.3 is 9.47 Å². The molecule has 3 aliphatic rings. The summed E-state index contributed by atoms with van der Waals surface area (Å²) >= 11 is 4.52. The first kappa shape index (κ1) is 16.7. The number of amides is 2. The molecule has 0 radical (unpaired) electrons. The first-order valence-corrected chi connectivity index (χ1v) is 9.34. The number of methoxy groups -OCH3 is 2. The Morgan fingerprint density at radius 1 is 1.36 bits per heavy atom. The molecule has 1 aliphatic heterocycles. The van der Waals surface area contributed by atoms with Crippen LogP contribution in [0.5, 0.6) is 0 Å². The van der Waals surface area contributed by atoms with Gasteiger partial charge in [0, 0.05) is 14.2 Å². The normalized spacial score (nSPS) is 43.1. The average molecular weight is 392 g/mol. The van der Waals surface area contributed by atoms with Gasteiger partial charge in [0.15, 0.2) is 6.23 Å². The molecule has 2 aliphatic carbocycles. The molecule has 2 bridgehead atoms. The van der Waals surface area contributed by atoms with Gasteiger partial charge in [0.1, 0.15) is 4.16 Å². The molecule has 0 aromatic rings. The highest BCUT2D eigenvalue weighted by molar-refractivity contribution is 9.11. The number of fused-ring (bicyclic) bond motifs is 2. The first-order chi connectivity index (χ1) is 10.3. The lowest BCUT2D eigenvalue weighted by Gasteiger charge is -2.42. The van der Waals surface area contributed by atoms with Crippen LogP contribution in [0.2, 0.25) is 0 Å². The largest absolute Gasteiger partial charge is 0.380 e. The molecule has 22 heavy (non-hydrogen) atoms. The summed E-state index contributed by atoms with van der Waals surface area (Å²) in [5.74, 6) is 0.336. The van der Waals surface area contributed by atoms with E-state index in [1.807, 2.05) is 0 Å². The third-order valence-corrected chi connectivity index (χ3v) is 7.99. The summed E-state index contributed by atoms with van der Waals surface area (Å²) in [6.07, 6.45) is 1.99. The Morgan fingerprint density at radius 2 is 2.05 bits per heavy atom. The van der Waals surface area contributed by atoms with Gasteiger partial charge in [-0.2, -0.15) is 0 Å². The fourth-order valence-electron chi connectivity index (χ4n) is 4.77. The van der Waals surface area contributed by atoms with E-state index in [1.165, 1.54) is 12.0 Å². The van der Waals surface area contributed by atoms with Crippen LogP contribution in [0.15, 0.2) is 0 Å². The van der Waals surface area contributed by atoms with E-state index >= 15 is 0 Å². The Bertz CT molecular complexity index is 514. The standard InChI is InChI=1S/C15H22BrNO4S/c1-14(2)8-5-6-15(14,9(7-8)20-3)12(18)17-11(21-4)10(16)22-13(17)19/h8-11H,5-7H2,1-4H3/t8-,9-,10+,11-,15+/m1/s1. The van der Waals surface area contributed by atoms with Crippen molar-refractivity contribution in [3.05, 3.63) is 0 Å². The predicted octanol–water partition coefficient (Wildman–Crippen LogP) is 3.22. The van der Waals surface area contributed by atoms with E-state index < -0.39 is 11.6 Å². The van der Waals surface area contributed by atoms with Crippen molar-refractivity contribution in [2.75, 3.05) is 14.2 Å². The number of rotatable bonds is 3. The third-order valence-electron chi connectivity index (χ3n) is 6.12. The van der Waals surface area contributed by atoms with Crippen LogP contribution < -0.4 is 0 Å². The molecular weight excluding hydrogens is 370 g/mol. The summed E-state index contributed by atoms with van der Waals surface area (Å²) in [7, 11) is 3.19. The Labute approximate surface area is 143 Å². The van der Waals surface area contributed by atoms with E-state index in [-0.39, 0.29) is 26.8 Å². The van der Waals surface area contributed by atoms with Crippen LogP contribution >= 0.6 is 27.7 Å². The monoisotopic (exact) mass is 391 g/mol. The summed E-state index contributed by atoms with van der Waals surface area (Å²) in [5.41, 5.74) is -0.797. The lowest BCUT2D eigenvalue weighted by Crippen LogP contribution is -2.56. The SMILES string of the molecule is CO[C@@H]1[C@@H](Br)SC(=O)N1C(=O)[C@]12CC[C@H](C[C@H]1OC)C2(C)C. The Hall–Kier alpha value is -0.110. The second kappa shape index (κ2) is 5.46. The van der Waals surface area contributed by atoms with Crippen LogP contribution in [0.1, 0.15) is 33.1 Å². The molecule has 0 unspecified atom stereocenters. The van der Waals surface area contributed by atoms with Gasteiger partial charge in [-0.25, -0.2) is 4.90 Å². The smallest absolute Gasteiger partial charge is 0.291 e. The summed E-state index contributed by atoms with van der Waals surface area (Å²) < 4.78 is 10.9. The maximum absolute atomic E-state index is 13.4. The zero-order valence-electron chi connectivity index (χ0n) is 13.3. The van der Waals surface area contributed by atoms with Crippen molar-refractivity contribution in [1.82, 2.24) is 4.90 Å². The van der Waals surface area contributed by atoms with Crippen LogP contribution in [0, 0.1) is 16.7 Å². The topological polar surface area (TPSA) is 55.8 Å². The fraction of sp³-hybridized carbons (Fsp3) is 0.867. The minimum absolute atomic E-state index is 0.126. The van der Waals surface area contributed by atoms with Crippen molar-refractivity contribution in [3.8, 4) is 0 Å². The molecule has 0 N–H and O–H groups in total.